The van der Waals surface area contributed by atoms with E-state index >= 15 is 0 Å². The molecule has 13 heavy (non-hydrogen) atoms. The monoisotopic (exact) mass is 185 g/mol. The second kappa shape index (κ2) is 4.97. The molecule has 2 nitrogen and oxygen atoms in total. The van der Waals surface area contributed by atoms with Crippen LogP contribution in [0.15, 0.2) is 0 Å². The summed E-state index contributed by atoms with van der Waals surface area (Å²) in [5, 5.41) is 0. The van der Waals surface area contributed by atoms with Gasteiger partial charge in [-0.25, -0.2) is 0 Å². The van der Waals surface area contributed by atoms with Crippen molar-refractivity contribution in [2.45, 2.75) is 33.8 Å². The van der Waals surface area contributed by atoms with Crippen molar-refractivity contribution in [3.05, 3.63) is 0 Å². The summed E-state index contributed by atoms with van der Waals surface area (Å²) in [6, 6.07) is 0. The van der Waals surface area contributed by atoms with Crippen LogP contribution in [0.4, 0.5) is 0 Å². The van der Waals surface area contributed by atoms with Gasteiger partial charge in [0.2, 0.25) is 0 Å². The highest BCUT2D eigenvalue weighted by molar-refractivity contribution is 4.81. The van der Waals surface area contributed by atoms with Crippen molar-refractivity contribution < 1.29 is 4.74 Å². The Morgan fingerprint density at radius 1 is 1.15 bits per heavy atom. The average molecular weight is 185 g/mol. The first-order valence-corrected chi connectivity index (χ1v) is 5.42. The molecule has 0 saturated carbocycles. The van der Waals surface area contributed by atoms with Crippen molar-refractivity contribution in [2.75, 3.05) is 26.2 Å². The van der Waals surface area contributed by atoms with E-state index in [0.717, 1.165) is 25.6 Å². The number of hydrogen-bond donors (Lipinski definition) is 0. The lowest BCUT2D eigenvalue weighted by Gasteiger charge is -2.40. The SMILES string of the molecule is CC(C)COC1CN(CC(C)C)C1. The molecule has 78 valence electrons. The van der Waals surface area contributed by atoms with Gasteiger partial charge in [-0.3, -0.25) is 4.90 Å². The van der Waals surface area contributed by atoms with Crippen LogP contribution in [0.3, 0.4) is 0 Å². The lowest BCUT2D eigenvalue weighted by molar-refractivity contribution is -0.0657. The number of hydrogen-bond acceptors (Lipinski definition) is 2. The van der Waals surface area contributed by atoms with Gasteiger partial charge >= 0.3 is 0 Å². The van der Waals surface area contributed by atoms with Gasteiger partial charge in [-0.15, -0.1) is 0 Å². The van der Waals surface area contributed by atoms with E-state index in [1.165, 1.54) is 6.54 Å². The van der Waals surface area contributed by atoms with Crippen molar-refractivity contribution in [2.24, 2.45) is 11.8 Å². The number of ether oxygens (including phenoxy) is 1. The first kappa shape index (κ1) is 11.0. The Kier molecular flexibility index (Phi) is 4.20. The van der Waals surface area contributed by atoms with Crippen LogP contribution in [0.25, 0.3) is 0 Å². The van der Waals surface area contributed by atoms with Crippen LogP contribution < -0.4 is 0 Å². The van der Waals surface area contributed by atoms with Crippen LogP contribution in [0.1, 0.15) is 27.7 Å². The first-order chi connectivity index (χ1) is 6.08. The molecule has 0 atom stereocenters. The molecule has 0 bridgehead atoms. The van der Waals surface area contributed by atoms with E-state index in [0.29, 0.717) is 12.0 Å². The molecule has 1 aliphatic rings. The Morgan fingerprint density at radius 3 is 2.23 bits per heavy atom. The highest BCUT2D eigenvalue weighted by Gasteiger charge is 2.27. The third kappa shape index (κ3) is 4.10. The van der Waals surface area contributed by atoms with E-state index in [1.807, 2.05) is 0 Å². The maximum atomic E-state index is 5.71. The van der Waals surface area contributed by atoms with Gasteiger partial charge in [0.25, 0.3) is 0 Å². The molecule has 1 fully saturated rings. The number of likely N-dealkylation sites (tertiary alicyclic amines) is 1. The molecule has 0 N–H and O–H groups in total. The summed E-state index contributed by atoms with van der Waals surface area (Å²) in [5.41, 5.74) is 0. The van der Waals surface area contributed by atoms with Crippen molar-refractivity contribution in [1.82, 2.24) is 4.90 Å². The Balaban J connectivity index is 1.98. The summed E-state index contributed by atoms with van der Waals surface area (Å²) < 4.78 is 5.71. The number of rotatable bonds is 5. The molecule has 0 aromatic carbocycles. The maximum absolute atomic E-state index is 5.71. The molecular formula is C11H23NO. The highest BCUT2D eigenvalue weighted by atomic mass is 16.5. The third-order valence-electron chi connectivity index (χ3n) is 2.21. The van der Waals surface area contributed by atoms with Crippen molar-refractivity contribution in [3.8, 4) is 0 Å². The Morgan fingerprint density at radius 2 is 1.77 bits per heavy atom. The average Bonchev–Trinajstić information content (AvgIpc) is 1.92. The first-order valence-electron chi connectivity index (χ1n) is 5.42. The Hall–Kier alpha value is -0.0800. The molecule has 0 radical (unpaired) electrons. The third-order valence-corrected chi connectivity index (χ3v) is 2.21. The normalized spacial score (nSPS) is 19.8. The topological polar surface area (TPSA) is 12.5 Å². The quantitative estimate of drug-likeness (QED) is 0.649. The summed E-state index contributed by atoms with van der Waals surface area (Å²) in [5.74, 6) is 1.45. The highest BCUT2D eigenvalue weighted by Crippen LogP contribution is 2.14. The van der Waals surface area contributed by atoms with Crippen molar-refractivity contribution >= 4 is 0 Å². The van der Waals surface area contributed by atoms with Crippen LogP contribution in [0.5, 0.6) is 0 Å². The Bertz CT molecular complexity index is 139. The fourth-order valence-corrected chi connectivity index (χ4v) is 1.62. The minimum Gasteiger partial charge on any atom is -0.375 e. The minimum atomic E-state index is 0.515. The fraction of sp³-hybridized carbons (Fsp3) is 1.00. The predicted octanol–water partition coefficient (Wildman–Crippen LogP) is 2.00. The van der Waals surface area contributed by atoms with Gasteiger partial charge < -0.3 is 4.74 Å². The maximum Gasteiger partial charge on any atom is 0.0828 e. The van der Waals surface area contributed by atoms with Crippen molar-refractivity contribution in [3.63, 3.8) is 0 Å². The molecule has 0 aliphatic carbocycles. The summed E-state index contributed by atoms with van der Waals surface area (Å²) >= 11 is 0. The van der Waals surface area contributed by atoms with Gasteiger partial charge in [-0.05, 0) is 11.8 Å². The molecule has 2 heteroatoms. The van der Waals surface area contributed by atoms with Crippen LogP contribution in [-0.2, 0) is 4.74 Å². The minimum absolute atomic E-state index is 0.515. The van der Waals surface area contributed by atoms with Gasteiger partial charge in [0.15, 0.2) is 0 Å². The molecule has 0 aromatic rings. The summed E-state index contributed by atoms with van der Waals surface area (Å²) in [6.45, 7) is 13.4. The lowest BCUT2D eigenvalue weighted by atomic mass is 10.1. The van der Waals surface area contributed by atoms with E-state index < -0.39 is 0 Å². The zero-order chi connectivity index (χ0) is 9.84. The molecule has 0 spiro atoms. The standard InChI is InChI=1S/C11H23NO/c1-9(2)5-12-6-11(7-12)13-8-10(3)4/h9-11H,5-8H2,1-4H3. The lowest BCUT2D eigenvalue weighted by Crippen LogP contribution is -2.53. The van der Waals surface area contributed by atoms with Gasteiger partial charge in [0, 0.05) is 26.2 Å². The second-order valence-electron chi connectivity index (χ2n) is 4.96. The van der Waals surface area contributed by atoms with Gasteiger partial charge in [0.05, 0.1) is 6.10 Å². The summed E-state index contributed by atoms with van der Waals surface area (Å²) in [4.78, 5) is 2.47. The van der Waals surface area contributed by atoms with E-state index in [9.17, 15) is 0 Å². The van der Waals surface area contributed by atoms with E-state index in [-0.39, 0.29) is 0 Å². The molecular weight excluding hydrogens is 162 g/mol. The molecule has 1 rings (SSSR count). The fourth-order valence-electron chi connectivity index (χ4n) is 1.62. The van der Waals surface area contributed by atoms with Gasteiger partial charge in [-0.2, -0.15) is 0 Å². The van der Waals surface area contributed by atoms with E-state index in [2.05, 4.69) is 32.6 Å². The van der Waals surface area contributed by atoms with Gasteiger partial charge in [0.1, 0.15) is 0 Å². The molecule has 1 aliphatic heterocycles. The second-order valence-corrected chi connectivity index (χ2v) is 4.96. The molecule has 0 unspecified atom stereocenters. The molecule has 0 aromatic heterocycles. The largest absolute Gasteiger partial charge is 0.375 e. The van der Waals surface area contributed by atoms with Crippen LogP contribution in [0.2, 0.25) is 0 Å². The summed E-state index contributed by atoms with van der Waals surface area (Å²) in [6.07, 6.45) is 0.515. The van der Waals surface area contributed by atoms with Crippen LogP contribution in [0, 0.1) is 11.8 Å². The van der Waals surface area contributed by atoms with E-state index in [4.69, 9.17) is 4.74 Å². The molecule has 1 heterocycles. The number of nitrogens with zero attached hydrogens (tertiary/aromatic N) is 1. The Labute approximate surface area is 82.3 Å². The predicted molar refractivity (Wildman–Crippen MR) is 55.9 cm³/mol. The molecule has 1 saturated heterocycles. The van der Waals surface area contributed by atoms with Crippen LogP contribution >= 0.6 is 0 Å². The summed E-state index contributed by atoms with van der Waals surface area (Å²) in [7, 11) is 0. The van der Waals surface area contributed by atoms with Gasteiger partial charge in [-0.1, -0.05) is 27.7 Å². The molecule has 0 amide bonds. The van der Waals surface area contributed by atoms with Crippen molar-refractivity contribution in [1.29, 1.82) is 0 Å². The smallest absolute Gasteiger partial charge is 0.0828 e. The zero-order valence-electron chi connectivity index (χ0n) is 9.42. The van der Waals surface area contributed by atoms with Crippen LogP contribution in [-0.4, -0.2) is 37.2 Å². The zero-order valence-corrected chi connectivity index (χ0v) is 9.42. The van der Waals surface area contributed by atoms with E-state index in [1.54, 1.807) is 0 Å².